The lowest BCUT2D eigenvalue weighted by molar-refractivity contribution is 0.442. The van der Waals surface area contributed by atoms with Crippen LogP contribution in [0.2, 0.25) is 0 Å². The first kappa shape index (κ1) is 17.5. The quantitative estimate of drug-likeness (QED) is 0.639. The van der Waals surface area contributed by atoms with Gasteiger partial charge in [0.15, 0.2) is 0 Å². The Morgan fingerprint density at radius 1 is 1.00 bits per heavy atom. The van der Waals surface area contributed by atoms with Gasteiger partial charge in [-0.2, -0.15) is 4.98 Å². The molecule has 1 aromatic heterocycles. The van der Waals surface area contributed by atoms with Gasteiger partial charge in [-0.15, -0.1) is 0 Å². The van der Waals surface area contributed by atoms with Crippen LogP contribution < -0.4 is 9.80 Å². The maximum Gasteiger partial charge on any atom is 0.227 e. The third kappa shape index (κ3) is 4.27. The minimum Gasteiger partial charge on any atom is -0.341 e. The molecule has 1 atom stereocenters. The van der Waals surface area contributed by atoms with Crippen LogP contribution in [0.4, 0.5) is 17.5 Å². The van der Waals surface area contributed by atoms with Gasteiger partial charge in [-0.1, -0.05) is 55.5 Å². The van der Waals surface area contributed by atoms with Gasteiger partial charge in [0.05, 0.1) is 0 Å². The molecule has 0 radical (unpaired) electrons. The van der Waals surface area contributed by atoms with Crippen LogP contribution >= 0.6 is 0 Å². The van der Waals surface area contributed by atoms with E-state index in [2.05, 4.69) is 76.3 Å². The summed E-state index contributed by atoms with van der Waals surface area (Å²) >= 11 is 0. The molecule has 2 aromatic carbocycles. The van der Waals surface area contributed by atoms with Crippen molar-refractivity contribution < 1.29 is 0 Å². The van der Waals surface area contributed by atoms with Gasteiger partial charge in [-0.05, 0) is 42.5 Å². The van der Waals surface area contributed by atoms with E-state index in [1.54, 1.807) is 0 Å². The van der Waals surface area contributed by atoms with Crippen LogP contribution in [0, 0.1) is 5.92 Å². The monoisotopic (exact) mass is 358 g/mol. The highest BCUT2D eigenvalue weighted by molar-refractivity contribution is 5.61. The zero-order chi connectivity index (χ0) is 18.5. The van der Waals surface area contributed by atoms with E-state index in [0.29, 0.717) is 5.92 Å². The zero-order valence-electron chi connectivity index (χ0n) is 15.8. The molecule has 0 bridgehead atoms. The molecule has 27 heavy (non-hydrogen) atoms. The fraction of sp³-hybridized carbons (Fsp3) is 0.304. The van der Waals surface area contributed by atoms with Crippen molar-refractivity contribution in [1.82, 2.24) is 9.97 Å². The second-order valence-electron chi connectivity index (χ2n) is 7.32. The smallest absolute Gasteiger partial charge is 0.227 e. The molecule has 0 spiro atoms. The second-order valence-corrected chi connectivity index (χ2v) is 7.32. The molecule has 1 saturated heterocycles. The first-order chi connectivity index (χ1) is 13.3. The summed E-state index contributed by atoms with van der Waals surface area (Å²) in [5.74, 6) is 2.47. The van der Waals surface area contributed by atoms with E-state index in [4.69, 9.17) is 4.98 Å². The number of aromatic nitrogens is 2. The van der Waals surface area contributed by atoms with Gasteiger partial charge in [0, 0.05) is 31.5 Å². The molecule has 4 rings (SSSR count). The Bertz CT molecular complexity index is 851. The highest BCUT2D eigenvalue weighted by Crippen LogP contribution is 2.28. The van der Waals surface area contributed by atoms with Gasteiger partial charge >= 0.3 is 0 Å². The van der Waals surface area contributed by atoms with E-state index >= 15 is 0 Å². The summed E-state index contributed by atoms with van der Waals surface area (Å²) in [5.41, 5.74) is 2.39. The minimum atomic E-state index is 0.695. The number of nitrogens with zero attached hydrogens (tertiary/aromatic N) is 4. The Hall–Kier alpha value is -2.88. The lowest BCUT2D eigenvalue weighted by atomic mass is 10.0. The van der Waals surface area contributed by atoms with Crippen molar-refractivity contribution in [3.63, 3.8) is 0 Å². The summed E-state index contributed by atoms with van der Waals surface area (Å²) in [5, 5.41) is 0. The zero-order valence-corrected chi connectivity index (χ0v) is 15.8. The Morgan fingerprint density at radius 3 is 2.48 bits per heavy atom. The van der Waals surface area contributed by atoms with Crippen LogP contribution in [0.3, 0.4) is 0 Å². The summed E-state index contributed by atoms with van der Waals surface area (Å²) in [6.07, 6.45) is 4.39. The van der Waals surface area contributed by atoms with Crippen molar-refractivity contribution in [2.45, 2.75) is 26.3 Å². The van der Waals surface area contributed by atoms with Crippen molar-refractivity contribution in [2.75, 3.05) is 22.9 Å². The Morgan fingerprint density at radius 2 is 1.74 bits per heavy atom. The van der Waals surface area contributed by atoms with E-state index in [1.807, 2.05) is 18.3 Å². The molecule has 2 heterocycles. The number of hydrogen-bond donors (Lipinski definition) is 0. The van der Waals surface area contributed by atoms with Crippen LogP contribution in [-0.4, -0.2) is 23.1 Å². The fourth-order valence-electron chi connectivity index (χ4n) is 3.69. The van der Waals surface area contributed by atoms with Crippen molar-refractivity contribution >= 4 is 17.5 Å². The Labute approximate surface area is 161 Å². The molecule has 1 aliphatic heterocycles. The molecular weight excluding hydrogens is 332 g/mol. The van der Waals surface area contributed by atoms with Crippen LogP contribution in [0.5, 0.6) is 0 Å². The first-order valence-corrected chi connectivity index (χ1v) is 9.74. The standard InChI is InChI=1S/C23H26N4/c1-19-9-8-16-26(17-19)23-24-15-14-22(25-23)27(21-12-6-3-7-13-21)18-20-10-4-2-5-11-20/h2-7,10-15,19H,8-9,16-18H2,1H3. The van der Waals surface area contributed by atoms with Gasteiger partial charge in [0.1, 0.15) is 5.82 Å². The van der Waals surface area contributed by atoms with E-state index in [9.17, 15) is 0 Å². The largest absolute Gasteiger partial charge is 0.341 e. The molecule has 3 aromatic rings. The number of hydrogen-bond acceptors (Lipinski definition) is 4. The lowest BCUT2D eigenvalue weighted by Gasteiger charge is -2.32. The molecule has 0 aliphatic carbocycles. The van der Waals surface area contributed by atoms with Gasteiger partial charge < -0.3 is 9.80 Å². The highest BCUT2D eigenvalue weighted by Gasteiger charge is 2.20. The van der Waals surface area contributed by atoms with Crippen molar-refractivity contribution in [1.29, 1.82) is 0 Å². The van der Waals surface area contributed by atoms with E-state index < -0.39 is 0 Å². The lowest BCUT2D eigenvalue weighted by Crippen LogP contribution is -2.35. The van der Waals surface area contributed by atoms with E-state index in [0.717, 1.165) is 37.1 Å². The predicted octanol–water partition coefficient (Wildman–Crippen LogP) is 5.05. The van der Waals surface area contributed by atoms with Gasteiger partial charge in [0.25, 0.3) is 0 Å². The summed E-state index contributed by atoms with van der Waals surface area (Å²) in [4.78, 5) is 14.1. The molecule has 1 aliphatic rings. The van der Waals surface area contributed by atoms with E-state index in [-0.39, 0.29) is 0 Å². The molecule has 1 unspecified atom stereocenters. The van der Waals surface area contributed by atoms with Gasteiger partial charge in [-0.3, -0.25) is 0 Å². The second kappa shape index (κ2) is 8.21. The Kier molecular flexibility index (Phi) is 5.33. The normalized spacial score (nSPS) is 16.9. The maximum absolute atomic E-state index is 4.94. The van der Waals surface area contributed by atoms with Crippen LogP contribution in [-0.2, 0) is 6.54 Å². The summed E-state index contributed by atoms with van der Waals surface area (Å²) in [6.45, 7) is 5.16. The molecule has 4 heteroatoms. The topological polar surface area (TPSA) is 32.3 Å². The predicted molar refractivity (Wildman–Crippen MR) is 111 cm³/mol. The third-order valence-electron chi connectivity index (χ3n) is 5.10. The maximum atomic E-state index is 4.94. The molecule has 0 saturated carbocycles. The Balaban J connectivity index is 1.66. The minimum absolute atomic E-state index is 0.695. The number of rotatable bonds is 5. The molecule has 138 valence electrons. The first-order valence-electron chi connectivity index (χ1n) is 9.74. The average molecular weight is 358 g/mol. The number of para-hydroxylation sites is 1. The number of benzene rings is 2. The number of piperidine rings is 1. The molecule has 0 amide bonds. The van der Waals surface area contributed by atoms with Gasteiger partial charge in [0.2, 0.25) is 5.95 Å². The molecule has 1 fully saturated rings. The fourth-order valence-corrected chi connectivity index (χ4v) is 3.69. The highest BCUT2D eigenvalue weighted by atomic mass is 15.3. The molecular formula is C23H26N4. The molecule has 4 nitrogen and oxygen atoms in total. The van der Waals surface area contributed by atoms with Crippen LogP contribution in [0.15, 0.2) is 72.9 Å². The summed E-state index contributed by atoms with van der Waals surface area (Å²) < 4.78 is 0. The van der Waals surface area contributed by atoms with E-state index in [1.165, 1.54) is 18.4 Å². The summed E-state index contributed by atoms with van der Waals surface area (Å²) in [6, 6.07) is 23.0. The van der Waals surface area contributed by atoms with Gasteiger partial charge in [-0.25, -0.2) is 4.98 Å². The van der Waals surface area contributed by atoms with Crippen LogP contribution in [0.25, 0.3) is 0 Å². The SMILES string of the molecule is CC1CCCN(c2nccc(N(Cc3ccccc3)c3ccccc3)n2)C1. The molecule has 0 N–H and O–H groups in total. The average Bonchev–Trinajstić information content (AvgIpc) is 2.73. The third-order valence-corrected chi connectivity index (χ3v) is 5.10. The summed E-state index contributed by atoms with van der Waals surface area (Å²) in [7, 11) is 0. The van der Waals surface area contributed by atoms with Crippen molar-refractivity contribution in [2.24, 2.45) is 5.92 Å². The number of anilines is 3. The van der Waals surface area contributed by atoms with Crippen LogP contribution in [0.1, 0.15) is 25.3 Å². The van der Waals surface area contributed by atoms with Crippen molar-refractivity contribution in [3.05, 3.63) is 78.5 Å². The van der Waals surface area contributed by atoms with Crippen molar-refractivity contribution in [3.8, 4) is 0 Å².